The summed E-state index contributed by atoms with van der Waals surface area (Å²) in [6, 6.07) is 7.34. The smallest absolute Gasteiger partial charge is 0.256 e. The lowest BCUT2D eigenvalue weighted by Crippen LogP contribution is -2.41. The van der Waals surface area contributed by atoms with Gasteiger partial charge in [0.05, 0.1) is 6.61 Å². The van der Waals surface area contributed by atoms with E-state index in [-0.39, 0.29) is 5.91 Å². The molecule has 21 heavy (non-hydrogen) atoms. The second-order valence-corrected chi connectivity index (χ2v) is 5.85. The monoisotopic (exact) mass is 357 g/mol. The third-order valence-corrected chi connectivity index (χ3v) is 3.72. The number of halogens is 1. The molecule has 1 aromatic rings. The van der Waals surface area contributed by atoms with Crippen LogP contribution >= 0.6 is 15.9 Å². The van der Waals surface area contributed by atoms with Crippen LogP contribution in [0.2, 0.25) is 0 Å². The van der Waals surface area contributed by atoms with Crippen LogP contribution in [0.1, 0.15) is 33.1 Å². The second-order valence-electron chi connectivity index (χ2n) is 5.05. The Labute approximate surface area is 135 Å². The van der Waals surface area contributed by atoms with E-state index in [4.69, 9.17) is 9.47 Å². The molecule has 1 aromatic carbocycles. The Balaban J connectivity index is 2.64. The molecule has 4 nitrogen and oxygen atoms in total. The molecular formula is C16H24BrNO3. The van der Waals surface area contributed by atoms with E-state index in [2.05, 4.69) is 28.2 Å². The Morgan fingerprint density at radius 2 is 2.00 bits per heavy atom. The molecule has 0 fully saturated rings. The average Bonchev–Trinajstić information content (AvgIpc) is 2.51. The van der Waals surface area contributed by atoms with Crippen LogP contribution in [0.15, 0.2) is 24.3 Å². The summed E-state index contributed by atoms with van der Waals surface area (Å²) in [7, 11) is 1.58. The molecule has 5 heteroatoms. The summed E-state index contributed by atoms with van der Waals surface area (Å²) >= 11 is 3.31. The SMILES string of the molecule is CCCC[C@@](C)(OC)C(=O)Nc1ccc(OCCBr)cc1. The minimum Gasteiger partial charge on any atom is -0.493 e. The van der Waals surface area contributed by atoms with Crippen molar-refractivity contribution in [1.29, 1.82) is 0 Å². The number of anilines is 1. The maximum Gasteiger partial charge on any atom is 0.256 e. The lowest BCUT2D eigenvalue weighted by atomic mass is 9.97. The fraction of sp³-hybridized carbons (Fsp3) is 0.562. The van der Waals surface area contributed by atoms with Gasteiger partial charge in [0.1, 0.15) is 11.4 Å². The van der Waals surface area contributed by atoms with Gasteiger partial charge in [-0.05, 0) is 37.6 Å². The fourth-order valence-corrected chi connectivity index (χ4v) is 2.04. The summed E-state index contributed by atoms with van der Waals surface area (Å²) < 4.78 is 10.9. The lowest BCUT2D eigenvalue weighted by molar-refractivity contribution is -0.136. The molecule has 1 rings (SSSR count). The van der Waals surface area contributed by atoms with Crippen LogP contribution in [0.25, 0.3) is 0 Å². The largest absolute Gasteiger partial charge is 0.493 e. The molecule has 0 heterocycles. The first-order valence-electron chi connectivity index (χ1n) is 7.21. The minimum atomic E-state index is -0.791. The molecule has 0 aliphatic rings. The van der Waals surface area contributed by atoms with Gasteiger partial charge in [-0.15, -0.1) is 0 Å². The number of hydrogen-bond donors (Lipinski definition) is 1. The Morgan fingerprint density at radius 1 is 1.33 bits per heavy atom. The van der Waals surface area contributed by atoms with Crippen molar-refractivity contribution in [2.45, 2.75) is 38.7 Å². The van der Waals surface area contributed by atoms with Gasteiger partial charge in [-0.25, -0.2) is 0 Å². The number of carbonyl (C=O) groups is 1. The van der Waals surface area contributed by atoms with E-state index in [1.54, 1.807) is 7.11 Å². The number of hydrogen-bond acceptors (Lipinski definition) is 3. The van der Waals surface area contributed by atoms with Gasteiger partial charge in [0.25, 0.3) is 5.91 Å². The number of benzene rings is 1. The van der Waals surface area contributed by atoms with Gasteiger partial charge in [0.15, 0.2) is 0 Å². The second kappa shape index (κ2) is 9.05. The highest BCUT2D eigenvalue weighted by Gasteiger charge is 2.32. The zero-order chi connectivity index (χ0) is 15.7. The van der Waals surface area contributed by atoms with E-state index in [1.165, 1.54) is 0 Å². The van der Waals surface area contributed by atoms with Gasteiger partial charge in [-0.3, -0.25) is 4.79 Å². The average molecular weight is 358 g/mol. The van der Waals surface area contributed by atoms with Crippen molar-refractivity contribution in [2.75, 3.05) is 24.4 Å². The quantitative estimate of drug-likeness (QED) is 0.679. The number of alkyl halides is 1. The van der Waals surface area contributed by atoms with Crippen molar-refractivity contribution >= 4 is 27.5 Å². The van der Waals surface area contributed by atoms with Gasteiger partial charge in [0, 0.05) is 18.1 Å². The zero-order valence-electron chi connectivity index (χ0n) is 12.9. The Bertz CT molecular complexity index is 436. The Hall–Kier alpha value is -1.07. The van der Waals surface area contributed by atoms with Crippen LogP contribution in [-0.2, 0) is 9.53 Å². The highest BCUT2D eigenvalue weighted by Crippen LogP contribution is 2.22. The summed E-state index contributed by atoms with van der Waals surface area (Å²) in [6.07, 6.45) is 2.70. The fourth-order valence-electron chi connectivity index (χ4n) is 1.88. The van der Waals surface area contributed by atoms with Crippen LogP contribution in [0.3, 0.4) is 0 Å². The predicted molar refractivity (Wildman–Crippen MR) is 89.3 cm³/mol. The Morgan fingerprint density at radius 3 is 2.52 bits per heavy atom. The normalized spacial score (nSPS) is 13.5. The molecule has 0 bridgehead atoms. The third kappa shape index (κ3) is 5.67. The molecule has 1 amide bonds. The first-order chi connectivity index (χ1) is 10.1. The van der Waals surface area contributed by atoms with Crippen LogP contribution in [0.5, 0.6) is 5.75 Å². The molecular weight excluding hydrogens is 334 g/mol. The highest BCUT2D eigenvalue weighted by atomic mass is 79.9. The summed E-state index contributed by atoms with van der Waals surface area (Å²) in [6.45, 7) is 4.54. The number of amides is 1. The molecule has 0 saturated heterocycles. The first kappa shape index (κ1) is 18.0. The zero-order valence-corrected chi connectivity index (χ0v) is 14.5. The molecule has 0 saturated carbocycles. The van der Waals surface area contributed by atoms with Crippen LogP contribution in [-0.4, -0.2) is 30.6 Å². The maximum atomic E-state index is 12.4. The number of ether oxygens (including phenoxy) is 2. The molecule has 0 aromatic heterocycles. The summed E-state index contributed by atoms with van der Waals surface area (Å²) in [4.78, 5) is 12.4. The van der Waals surface area contributed by atoms with Gasteiger partial charge < -0.3 is 14.8 Å². The summed E-state index contributed by atoms with van der Waals surface area (Å²) in [5.41, 5.74) is -0.0489. The van der Waals surface area contributed by atoms with Crippen molar-refractivity contribution in [3.05, 3.63) is 24.3 Å². The van der Waals surface area contributed by atoms with Crippen LogP contribution in [0, 0.1) is 0 Å². The molecule has 0 unspecified atom stereocenters. The number of carbonyl (C=O) groups excluding carboxylic acids is 1. The van der Waals surface area contributed by atoms with E-state index in [0.29, 0.717) is 13.0 Å². The topological polar surface area (TPSA) is 47.6 Å². The lowest BCUT2D eigenvalue weighted by Gasteiger charge is -2.26. The predicted octanol–water partition coefficient (Wildman–Crippen LogP) is 3.99. The van der Waals surface area contributed by atoms with E-state index < -0.39 is 5.60 Å². The van der Waals surface area contributed by atoms with Crippen LogP contribution < -0.4 is 10.1 Å². The Kier molecular flexibility index (Phi) is 7.75. The van der Waals surface area contributed by atoms with Gasteiger partial charge >= 0.3 is 0 Å². The maximum absolute atomic E-state index is 12.4. The van der Waals surface area contributed by atoms with E-state index >= 15 is 0 Å². The summed E-state index contributed by atoms with van der Waals surface area (Å²) in [5.74, 6) is 0.667. The van der Waals surface area contributed by atoms with Crippen molar-refractivity contribution in [2.24, 2.45) is 0 Å². The van der Waals surface area contributed by atoms with Crippen molar-refractivity contribution in [3.63, 3.8) is 0 Å². The summed E-state index contributed by atoms with van der Waals surface area (Å²) in [5, 5.41) is 3.68. The van der Waals surface area contributed by atoms with Crippen LogP contribution in [0.4, 0.5) is 5.69 Å². The third-order valence-electron chi connectivity index (χ3n) is 3.40. The van der Waals surface area contributed by atoms with E-state index in [0.717, 1.165) is 29.6 Å². The van der Waals surface area contributed by atoms with Gasteiger partial charge in [-0.2, -0.15) is 0 Å². The van der Waals surface area contributed by atoms with E-state index in [9.17, 15) is 4.79 Å². The van der Waals surface area contributed by atoms with Crippen molar-refractivity contribution in [1.82, 2.24) is 0 Å². The standard InChI is InChI=1S/C16H24BrNO3/c1-4-5-10-16(2,20-3)15(19)18-13-6-8-14(9-7-13)21-12-11-17/h6-9H,4-5,10-12H2,1-3H3,(H,18,19)/t16-/m1/s1. The molecule has 0 aliphatic carbocycles. The van der Waals surface area contributed by atoms with Gasteiger partial charge in [0.2, 0.25) is 0 Å². The molecule has 1 N–H and O–H groups in total. The minimum absolute atomic E-state index is 0.118. The first-order valence-corrected chi connectivity index (χ1v) is 8.33. The van der Waals surface area contributed by atoms with Crippen molar-refractivity contribution in [3.8, 4) is 5.75 Å². The molecule has 0 aliphatic heterocycles. The molecule has 0 radical (unpaired) electrons. The molecule has 118 valence electrons. The molecule has 0 spiro atoms. The highest BCUT2D eigenvalue weighted by molar-refractivity contribution is 9.09. The van der Waals surface area contributed by atoms with Gasteiger partial charge in [-0.1, -0.05) is 35.7 Å². The molecule has 1 atom stereocenters. The number of unbranched alkanes of at least 4 members (excludes halogenated alkanes) is 1. The van der Waals surface area contributed by atoms with Crippen molar-refractivity contribution < 1.29 is 14.3 Å². The number of methoxy groups -OCH3 is 1. The number of rotatable bonds is 9. The van der Waals surface area contributed by atoms with E-state index in [1.807, 2.05) is 31.2 Å². The number of nitrogens with one attached hydrogen (secondary N) is 1.